The molecule has 0 radical (unpaired) electrons. The van der Waals surface area contributed by atoms with Gasteiger partial charge < -0.3 is 5.11 Å². The molecule has 0 spiro atoms. The molecule has 150 valence electrons. The zero-order valence-electron chi connectivity index (χ0n) is 15.2. The number of hydrogen-bond acceptors (Lipinski definition) is 6. The Bertz CT molecular complexity index is 1250. The number of rotatable bonds is 4. The molecule has 1 heterocycles. The van der Waals surface area contributed by atoms with Gasteiger partial charge in [-0.25, -0.2) is 0 Å². The molecule has 1 saturated heterocycles. The van der Waals surface area contributed by atoms with Gasteiger partial charge >= 0.3 is 0 Å². The number of carbonyl (C=O) groups excluding carboxylic acids is 2. The minimum Gasteiger partial charge on any atom is -0.506 e. The standard InChI is InChI=1S/C21H13BrN2O5S/c22-17-10-15(24(28)29)8-14(19(17)25)9-18-20(26)23(21(27)30-18)11-13-6-3-5-12-4-1-2-7-16(12)13/h1-10,25H,11H2/b18-9-. The molecule has 0 saturated carbocycles. The fourth-order valence-electron chi connectivity index (χ4n) is 3.20. The highest BCUT2D eigenvalue weighted by molar-refractivity contribution is 9.10. The molecular formula is C21H13BrN2O5S. The third-order valence-corrected chi connectivity index (χ3v) is 6.17. The maximum atomic E-state index is 12.9. The van der Waals surface area contributed by atoms with Crippen LogP contribution in [-0.2, 0) is 11.3 Å². The summed E-state index contributed by atoms with van der Waals surface area (Å²) in [5.41, 5.74) is 0.658. The second-order valence-corrected chi connectivity index (χ2v) is 8.38. The van der Waals surface area contributed by atoms with E-state index in [4.69, 9.17) is 0 Å². The van der Waals surface area contributed by atoms with E-state index >= 15 is 0 Å². The van der Waals surface area contributed by atoms with Crippen LogP contribution in [0.5, 0.6) is 5.75 Å². The van der Waals surface area contributed by atoms with Crippen LogP contribution in [0, 0.1) is 10.1 Å². The van der Waals surface area contributed by atoms with Crippen LogP contribution in [0.15, 0.2) is 64.0 Å². The Balaban J connectivity index is 1.67. The van der Waals surface area contributed by atoms with Crippen molar-refractivity contribution in [3.63, 3.8) is 0 Å². The minimum absolute atomic E-state index is 0.0757. The number of halogens is 1. The van der Waals surface area contributed by atoms with Gasteiger partial charge in [0.15, 0.2) is 0 Å². The van der Waals surface area contributed by atoms with Gasteiger partial charge in [-0.15, -0.1) is 0 Å². The van der Waals surface area contributed by atoms with Gasteiger partial charge in [0.25, 0.3) is 16.8 Å². The van der Waals surface area contributed by atoms with E-state index in [1.54, 1.807) is 0 Å². The average molecular weight is 485 g/mol. The van der Waals surface area contributed by atoms with Crippen molar-refractivity contribution in [2.24, 2.45) is 0 Å². The molecule has 1 aliphatic heterocycles. The molecule has 0 aliphatic carbocycles. The number of nitro benzene ring substituents is 1. The van der Waals surface area contributed by atoms with Crippen molar-refractivity contribution in [2.45, 2.75) is 6.54 Å². The van der Waals surface area contributed by atoms with Crippen molar-refractivity contribution in [1.29, 1.82) is 0 Å². The summed E-state index contributed by atoms with van der Waals surface area (Å²) in [4.78, 5) is 37.1. The van der Waals surface area contributed by atoms with Crippen LogP contribution in [0.4, 0.5) is 10.5 Å². The summed E-state index contributed by atoms with van der Waals surface area (Å²) in [6.07, 6.45) is 1.29. The van der Waals surface area contributed by atoms with E-state index in [0.29, 0.717) is 0 Å². The largest absolute Gasteiger partial charge is 0.506 e. The number of nitro groups is 1. The Morgan fingerprint density at radius 1 is 1.13 bits per heavy atom. The molecule has 0 bridgehead atoms. The number of thioether (sulfide) groups is 1. The van der Waals surface area contributed by atoms with Crippen molar-refractivity contribution < 1.29 is 19.6 Å². The maximum absolute atomic E-state index is 12.9. The lowest BCUT2D eigenvalue weighted by Gasteiger charge is -2.14. The van der Waals surface area contributed by atoms with Crippen LogP contribution in [0.2, 0.25) is 0 Å². The van der Waals surface area contributed by atoms with Crippen molar-refractivity contribution in [2.75, 3.05) is 0 Å². The first-order valence-corrected chi connectivity index (χ1v) is 10.3. The monoisotopic (exact) mass is 484 g/mol. The number of hydrogen-bond donors (Lipinski definition) is 1. The van der Waals surface area contributed by atoms with Crippen LogP contribution < -0.4 is 0 Å². The molecule has 3 aromatic carbocycles. The first-order chi connectivity index (χ1) is 14.3. The minimum atomic E-state index is -0.603. The van der Waals surface area contributed by atoms with Gasteiger partial charge in [-0.3, -0.25) is 24.6 Å². The van der Waals surface area contributed by atoms with E-state index in [9.17, 15) is 24.8 Å². The summed E-state index contributed by atoms with van der Waals surface area (Å²) in [7, 11) is 0. The number of phenolic OH excluding ortho intramolecular Hbond substituents is 1. The second-order valence-electron chi connectivity index (χ2n) is 6.53. The topological polar surface area (TPSA) is 101 Å². The van der Waals surface area contributed by atoms with Gasteiger partial charge in [-0.1, -0.05) is 42.5 Å². The zero-order valence-corrected chi connectivity index (χ0v) is 17.6. The van der Waals surface area contributed by atoms with Crippen LogP contribution in [-0.4, -0.2) is 26.1 Å². The van der Waals surface area contributed by atoms with E-state index < -0.39 is 16.1 Å². The van der Waals surface area contributed by atoms with Crippen LogP contribution in [0.1, 0.15) is 11.1 Å². The number of benzene rings is 3. The van der Waals surface area contributed by atoms with E-state index in [-0.39, 0.29) is 32.9 Å². The Labute approximate surface area is 183 Å². The summed E-state index contributed by atoms with van der Waals surface area (Å²) in [5, 5.41) is 22.8. The van der Waals surface area contributed by atoms with Crippen molar-refractivity contribution >= 4 is 61.4 Å². The lowest BCUT2D eigenvalue weighted by molar-refractivity contribution is -0.385. The molecule has 1 N–H and O–H groups in total. The molecule has 9 heteroatoms. The Hall–Kier alpha value is -3.17. The third kappa shape index (κ3) is 3.69. The molecule has 1 fully saturated rings. The lowest BCUT2D eigenvalue weighted by Crippen LogP contribution is -2.27. The second kappa shape index (κ2) is 7.92. The number of fused-ring (bicyclic) bond motifs is 1. The third-order valence-electron chi connectivity index (χ3n) is 4.66. The summed E-state index contributed by atoms with van der Waals surface area (Å²) < 4.78 is 0.123. The Kier molecular flexibility index (Phi) is 5.31. The molecule has 4 rings (SSSR count). The number of carbonyl (C=O) groups is 2. The van der Waals surface area contributed by atoms with Crippen molar-refractivity contribution in [3.05, 3.63) is 85.2 Å². The van der Waals surface area contributed by atoms with Crippen molar-refractivity contribution in [3.8, 4) is 5.75 Å². The van der Waals surface area contributed by atoms with Gasteiger partial charge in [0.1, 0.15) is 5.75 Å². The molecule has 30 heavy (non-hydrogen) atoms. The van der Waals surface area contributed by atoms with E-state index in [0.717, 1.165) is 39.1 Å². The normalized spacial score (nSPS) is 15.4. The molecule has 2 amide bonds. The highest BCUT2D eigenvalue weighted by Crippen LogP contribution is 2.38. The van der Waals surface area contributed by atoms with Gasteiger partial charge in [0.05, 0.1) is 20.8 Å². The average Bonchev–Trinajstić information content (AvgIpc) is 2.98. The van der Waals surface area contributed by atoms with Crippen LogP contribution in [0.25, 0.3) is 16.8 Å². The molecular weight excluding hydrogens is 472 g/mol. The van der Waals surface area contributed by atoms with Crippen LogP contribution in [0.3, 0.4) is 0 Å². The molecule has 0 aromatic heterocycles. The molecule has 7 nitrogen and oxygen atoms in total. The van der Waals surface area contributed by atoms with Gasteiger partial charge in [-0.2, -0.15) is 0 Å². The fourth-order valence-corrected chi connectivity index (χ4v) is 4.49. The predicted molar refractivity (Wildman–Crippen MR) is 118 cm³/mol. The summed E-state index contributed by atoms with van der Waals surface area (Å²) >= 11 is 3.80. The van der Waals surface area contributed by atoms with E-state index in [1.807, 2.05) is 42.5 Å². The number of amides is 2. The Morgan fingerprint density at radius 2 is 1.87 bits per heavy atom. The quantitative estimate of drug-likeness (QED) is 0.300. The summed E-state index contributed by atoms with van der Waals surface area (Å²) in [5.74, 6) is -0.763. The number of nitrogens with zero attached hydrogens (tertiary/aromatic N) is 2. The molecule has 0 unspecified atom stereocenters. The summed E-state index contributed by atoms with van der Waals surface area (Å²) in [6, 6.07) is 15.7. The molecule has 3 aromatic rings. The molecule has 1 aliphatic rings. The van der Waals surface area contributed by atoms with E-state index in [2.05, 4.69) is 15.9 Å². The van der Waals surface area contributed by atoms with Crippen LogP contribution >= 0.6 is 27.7 Å². The smallest absolute Gasteiger partial charge is 0.293 e. The van der Waals surface area contributed by atoms with Crippen molar-refractivity contribution in [1.82, 2.24) is 4.90 Å². The predicted octanol–water partition coefficient (Wildman–Crippen LogP) is 5.45. The SMILES string of the molecule is O=C1S/C(=C\c2cc([N+](=O)[O-])cc(Br)c2O)C(=O)N1Cc1cccc2ccccc12. The first-order valence-electron chi connectivity index (χ1n) is 8.74. The zero-order chi connectivity index (χ0) is 21.4. The fraction of sp³-hybridized carbons (Fsp3) is 0.0476. The number of non-ortho nitro benzene ring substituents is 1. The van der Waals surface area contributed by atoms with Gasteiger partial charge in [-0.05, 0) is 50.1 Å². The highest BCUT2D eigenvalue weighted by atomic mass is 79.9. The first kappa shape index (κ1) is 20.1. The van der Waals surface area contributed by atoms with Gasteiger partial charge in [0.2, 0.25) is 0 Å². The number of imide groups is 1. The number of phenols is 1. The lowest BCUT2D eigenvalue weighted by atomic mass is 10.0. The van der Waals surface area contributed by atoms with Gasteiger partial charge in [0, 0.05) is 17.7 Å². The highest BCUT2D eigenvalue weighted by Gasteiger charge is 2.35. The maximum Gasteiger partial charge on any atom is 0.293 e. The number of aromatic hydroxyl groups is 1. The summed E-state index contributed by atoms with van der Waals surface area (Å²) in [6.45, 7) is 0.105. The molecule has 0 atom stereocenters. The Morgan fingerprint density at radius 3 is 2.63 bits per heavy atom. The van der Waals surface area contributed by atoms with E-state index in [1.165, 1.54) is 12.1 Å².